The first-order valence-electron chi connectivity index (χ1n) is 14.0. The first kappa shape index (κ1) is 28.7. The number of hydrogen-bond acceptors (Lipinski definition) is 11. The average Bonchev–Trinajstić information content (AvgIpc) is 3.53. The summed E-state index contributed by atoms with van der Waals surface area (Å²) in [7, 11) is 0. The van der Waals surface area contributed by atoms with Gasteiger partial charge < -0.3 is 35.5 Å². The van der Waals surface area contributed by atoms with Gasteiger partial charge in [0.2, 0.25) is 0 Å². The minimum Gasteiger partial charge on any atom is -0.434 e. The minimum absolute atomic E-state index is 0.181. The molecule has 0 bridgehead atoms. The van der Waals surface area contributed by atoms with Crippen LogP contribution in [-0.4, -0.2) is 73.3 Å². The highest BCUT2D eigenvalue weighted by atomic mass is 16.7. The number of likely N-dealkylation sites (N-methyl/N-ethyl adjacent to an activating group) is 1. The topological polar surface area (TPSA) is 184 Å². The summed E-state index contributed by atoms with van der Waals surface area (Å²) in [6.07, 6.45) is -0.105. The zero-order valence-electron chi connectivity index (χ0n) is 22.9. The summed E-state index contributed by atoms with van der Waals surface area (Å²) in [4.78, 5) is 37.7. The van der Waals surface area contributed by atoms with Gasteiger partial charge in [0.25, 0.3) is 5.91 Å². The van der Waals surface area contributed by atoms with E-state index in [2.05, 4.69) is 20.3 Å². The van der Waals surface area contributed by atoms with Gasteiger partial charge in [-0.2, -0.15) is 0 Å². The third-order valence-corrected chi connectivity index (χ3v) is 7.69. The van der Waals surface area contributed by atoms with Crippen molar-refractivity contribution in [1.29, 1.82) is 0 Å². The van der Waals surface area contributed by atoms with Crippen molar-refractivity contribution in [3.05, 3.63) is 48.0 Å². The van der Waals surface area contributed by atoms with Gasteiger partial charge >= 0.3 is 6.16 Å². The molecule has 0 radical (unpaired) electrons. The predicted molar refractivity (Wildman–Crippen MR) is 146 cm³/mol. The molecule has 2 aliphatic rings. The first-order valence-corrected chi connectivity index (χ1v) is 14.0. The maximum absolute atomic E-state index is 12.3. The van der Waals surface area contributed by atoms with Gasteiger partial charge in [-0.05, 0) is 50.0 Å². The number of aliphatic hydroxyl groups is 2. The Hall–Kier alpha value is -3.81. The second-order valence-corrected chi connectivity index (χ2v) is 10.6. The van der Waals surface area contributed by atoms with Gasteiger partial charge in [0.1, 0.15) is 30.2 Å². The molecule has 5 N–H and O–H groups in total. The molecule has 220 valence electrons. The lowest BCUT2D eigenvalue weighted by Crippen LogP contribution is -2.42. The summed E-state index contributed by atoms with van der Waals surface area (Å²) in [5, 5.41) is 23.7. The number of nitrogens with one attached hydrogen (secondary N) is 1. The van der Waals surface area contributed by atoms with Crippen LogP contribution in [0.4, 0.5) is 10.6 Å². The predicted octanol–water partition coefficient (Wildman–Crippen LogP) is 1.87. The van der Waals surface area contributed by atoms with Gasteiger partial charge in [0.15, 0.2) is 23.8 Å². The Balaban J connectivity index is 1.16. The zero-order valence-corrected chi connectivity index (χ0v) is 22.9. The Morgan fingerprint density at radius 1 is 1.07 bits per heavy atom. The molecule has 0 spiro atoms. The van der Waals surface area contributed by atoms with Gasteiger partial charge in [-0.3, -0.25) is 9.36 Å². The monoisotopic (exact) mass is 568 g/mol. The molecule has 1 aromatic carbocycles. The number of hydrogen-bond donors (Lipinski definition) is 4. The fraction of sp³-hybridized carbons (Fsp3) is 0.536. The molecule has 13 heteroatoms. The quantitative estimate of drug-likeness (QED) is 0.276. The third-order valence-electron chi connectivity index (χ3n) is 7.69. The van der Waals surface area contributed by atoms with Crippen molar-refractivity contribution < 1.29 is 34.0 Å². The molecule has 1 saturated heterocycles. The molecule has 2 fully saturated rings. The number of benzene rings is 1. The highest BCUT2D eigenvalue weighted by Gasteiger charge is 2.47. The van der Waals surface area contributed by atoms with E-state index in [-0.39, 0.29) is 18.3 Å². The lowest BCUT2D eigenvalue weighted by molar-refractivity contribution is -0.137. The summed E-state index contributed by atoms with van der Waals surface area (Å²) >= 11 is 0. The van der Waals surface area contributed by atoms with Crippen LogP contribution in [0.5, 0.6) is 0 Å². The average molecular weight is 569 g/mol. The number of fused-ring (bicyclic) bond motifs is 1. The van der Waals surface area contributed by atoms with Crippen LogP contribution >= 0.6 is 0 Å². The fourth-order valence-corrected chi connectivity index (χ4v) is 5.45. The van der Waals surface area contributed by atoms with Gasteiger partial charge in [-0.25, -0.2) is 19.7 Å². The first-order chi connectivity index (χ1) is 19.8. The Labute approximate surface area is 237 Å². The fourth-order valence-electron chi connectivity index (χ4n) is 5.45. The Bertz CT molecular complexity index is 1340. The number of ether oxygens (including phenoxy) is 3. The summed E-state index contributed by atoms with van der Waals surface area (Å²) in [5.41, 5.74) is 7.81. The smallest absolute Gasteiger partial charge is 0.434 e. The van der Waals surface area contributed by atoms with Crippen molar-refractivity contribution in [2.24, 2.45) is 11.8 Å². The molecule has 1 aliphatic heterocycles. The van der Waals surface area contributed by atoms with E-state index in [9.17, 15) is 19.8 Å². The molecule has 13 nitrogen and oxygen atoms in total. The van der Waals surface area contributed by atoms with E-state index in [1.54, 1.807) is 6.92 Å². The van der Waals surface area contributed by atoms with Crippen LogP contribution in [0.2, 0.25) is 0 Å². The third kappa shape index (κ3) is 6.58. The largest absolute Gasteiger partial charge is 0.508 e. The maximum atomic E-state index is 12.3. The van der Waals surface area contributed by atoms with Gasteiger partial charge in [-0.15, -0.1) is 0 Å². The molecule has 1 aliphatic carbocycles. The molecule has 1 amide bonds. The van der Waals surface area contributed by atoms with Crippen LogP contribution in [0.3, 0.4) is 0 Å². The number of carbonyl (C=O) groups excluding carboxylic acids is 2. The van der Waals surface area contributed by atoms with Gasteiger partial charge in [0, 0.05) is 13.0 Å². The molecular formula is C28H36N6O7. The SMILES string of the molecule is CCNC(=O)[C@H]1O[C@@H](n2cnc3c(N)nc(CC4CCC(COC(=O)OCc5ccccc5)CC4)nc32)C(O)[C@H]1O. The molecule has 4 atom stereocenters. The number of nitrogens with two attached hydrogens (primary N) is 1. The number of anilines is 1. The zero-order chi connectivity index (χ0) is 28.9. The van der Waals surface area contributed by atoms with Gasteiger partial charge in [-0.1, -0.05) is 30.3 Å². The van der Waals surface area contributed by atoms with Crippen LogP contribution in [0.25, 0.3) is 11.2 Å². The molecule has 41 heavy (non-hydrogen) atoms. The van der Waals surface area contributed by atoms with E-state index >= 15 is 0 Å². The van der Waals surface area contributed by atoms with Crippen LogP contribution in [0.1, 0.15) is 50.2 Å². The van der Waals surface area contributed by atoms with Crippen LogP contribution in [0.15, 0.2) is 36.7 Å². The molecule has 1 saturated carbocycles. The number of imidazole rings is 1. The van der Waals surface area contributed by atoms with Crippen molar-refractivity contribution in [2.45, 2.75) is 70.2 Å². The van der Waals surface area contributed by atoms with Crippen molar-refractivity contribution in [2.75, 3.05) is 18.9 Å². The van der Waals surface area contributed by atoms with E-state index in [0.717, 1.165) is 31.2 Å². The number of carbonyl (C=O) groups is 2. The van der Waals surface area contributed by atoms with Crippen LogP contribution in [0, 0.1) is 11.8 Å². The van der Waals surface area contributed by atoms with E-state index in [1.165, 1.54) is 10.9 Å². The van der Waals surface area contributed by atoms with E-state index in [4.69, 9.17) is 19.9 Å². The maximum Gasteiger partial charge on any atom is 0.508 e. The molecule has 5 rings (SSSR count). The minimum atomic E-state index is -1.41. The van der Waals surface area contributed by atoms with Crippen LogP contribution < -0.4 is 11.1 Å². The lowest BCUT2D eigenvalue weighted by Gasteiger charge is -2.27. The van der Waals surface area contributed by atoms with E-state index < -0.39 is 36.6 Å². The number of amides is 1. The Morgan fingerprint density at radius 3 is 2.54 bits per heavy atom. The molecule has 2 aromatic heterocycles. The molecule has 1 unspecified atom stereocenters. The molecular weight excluding hydrogens is 532 g/mol. The van der Waals surface area contributed by atoms with Crippen molar-refractivity contribution >= 4 is 29.0 Å². The van der Waals surface area contributed by atoms with Crippen molar-refractivity contribution in [3.8, 4) is 0 Å². The van der Waals surface area contributed by atoms with Crippen LogP contribution in [-0.2, 0) is 32.0 Å². The number of nitrogen functional groups attached to an aromatic ring is 1. The Kier molecular flexibility index (Phi) is 8.96. The summed E-state index contributed by atoms with van der Waals surface area (Å²) < 4.78 is 17.7. The lowest BCUT2D eigenvalue weighted by atomic mass is 9.81. The second kappa shape index (κ2) is 12.8. The highest BCUT2D eigenvalue weighted by Crippen LogP contribution is 2.34. The molecule has 3 aromatic rings. The number of aliphatic hydroxyl groups excluding tert-OH is 2. The summed E-state index contributed by atoms with van der Waals surface area (Å²) in [5.74, 6) is 0.811. The standard InChI is InChI=1S/C28H36N6O7/c1-2-30-26(37)23-21(35)22(36)27(41-23)34-15-31-20-24(29)32-19(33-25(20)34)12-16-8-10-18(11-9-16)14-40-28(38)39-13-17-6-4-3-5-7-17/h3-7,15-16,18,21-23,27,35-36H,2,8-14H2,1H3,(H,30,37)(H2,29,32,33)/t16?,18?,21-,22?,23+,27-/m1/s1. The van der Waals surface area contributed by atoms with Gasteiger partial charge in [0.05, 0.1) is 12.9 Å². The van der Waals surface area contributed by atoms with E-state index in [0.29, 0.717) is 42.5 Å². The van der Waals surface area contributed by atoms with E-state index in [1.807, 2.05) is 30.3 Å². The number of rotatable bonds is 9. The summed E-state index contributed by atoms with van der Waals surface area (Å²) in [6.45, 7) is 2.62. The summed E-state index contributed by atoms with van der Waals surface area (Å²) in [6, 6.07) is 9.45. The number of aromatic nitrogens is 4. The van der Waals surface area contributed by atoms with Crippen molar-refractivity contribution in [1.82, 2.24) is 24.8 Å². The normalized spacial score (nSPS) is 26.1. The highest BCUT2D eigenvalue weighted by molar-refractivity contribution is 5.83. The second-order valence-electron chi connectivity index (χ2n) is 10.6. The van der Waals surface area contributed by atoms with Crippen molar-refractivity contribution in [3.63, 3.8) is 0 Å². The molecule has 3 heterocycles. The Morgan fingerprint density at radius 2 is 1.80 bits per heavy atom. The number of nitrogens with zero attached hydrogens (tertiary/aromatic N) is 4.